The highest BCUT2D eigenvalue weighted by Gasteiger charge is 2.01. The molecule has 0 heterocycles. The molecule has 0 aromatic heterocycles. The third-order valence-corrected chi connectivity index (χ3v) is 2.66. The summed E-state index contributed by atoms with van der Waals surface area (Å²) in [6.07, 6.45) is 1.97. The van der Waals surface area contributed by atoms with Crippen LogP contribution in [0.4, 0.5) is 4.39 Å². The van der Waals surface area contributed by atoms with Crippen molar-refractivity contribution in [2.45, 2.75) is 25.8 Å². The van der Waals surface area contributed by atoms with Crippen LogP contribution in [-0.2, 0) is 6.42 Å². The van der Waals surface area contributed by atoms with E-state index in [4.69, 9.17) is 5.73 Å². The number of nitrogens with two attached hydrogens (primary N) is 1. The van der Waals surface area contributed by atoms with E-state index in [1.54, 1.807) is 0 Å². The third kappa shape index (κ3) is 5.24. The molecule has 1 aromatic rings. The molecule has 90 valence electrons. The second-order valence-corrected chi connectivity index (χ2v) is 4.45. The van der Waals surface area contributed by atoms with E-state index in [2.05, 4.69) is 11.9 Å². The molecule has 0 aliphatic rings. The molecule has 1 aromatic carbocycles. The van der Waals surface area contributed by atoms with Gasteiger partial charge in [-0.3, -0.25) is 0 Å². The lowest BCUT2D eigenvalue weighted by atomic mass is 10.1. The molecule has 0 radical (unpaired) electrons. The fraction of sp³-hybridized carbons (Fsp3) is 0.538. The van der Waals surface area contributed by atoms with Gasteiger partial charge in [0, 0.05) is 12.6 Å². The normalized spacial score (nSPS) is 13.1. The molecule has 1 atom stereocenters. The van der Waals surface area contributed by atoms with Crippen LogP contribution in [0, 0.1) is 5.82 Å². The van der Waals surface area contributed by atoms with Gasteiger partial charge in [0.2, 0.25) is 0 Å². The second-order valence-electron chi connectivity index (χ2n) is 4.45. The van der Waals surface area contributed by atoms with Crippen molar-refractivity contribution in [2.24, 2.45) is 5.73 Å². The predicted octanol–water partition coefficient (Wildman–Crippen LogP) is 2.04. The molecule has 0 fully saturated rings. The molecule has 0 saturated heterocycles. The Hall–Kier alpha value is -0.930. The highest BCUT2D eigenvalue weighted by Crippen LogP contribution is 2.04. The van der Waals surface area contributed by atoms with Gasteiger partial charge in [0.05, 0.1) is 0 Å². The zero-order chi connectivity index (χ0) is 12.0. The summed E-state index contributed by atoms with van der Waals surface area (Å²) in [5.74, 6) is -0.172. The van der Waals surface area contributed by atoms with Gasteiger partial charge < -0.3 is 10.6 Å². The van der Waals surface area contributed by atoms with Gasteiger partial charge in [-0.1, -0.05) is 12.1 Å². The number of halogens is 1. The van der Waals surface area contributed by atoms with E-state index in [1.165, 1.54) is 17.7 Å². The van der Waals surface area contributed by atoms with Crippen LogP contribution in [-0.4, -0.2) is 31.1 Å². The van der Waals surface area contributed by atoms with Crippen LogP contribution in [0.3, 0.4) is 0 Å². The van der Waals surface area contributed by atoms with E-state index in [0.29, 0.717) is 0 Å². The van der Waals surface area contributed by atoms with Gasteiger partial charge in [-0.2, -0.15) is 0 Å². The van der Waals surface area contributed by atoms with Gasteiger partial charge in [0.15, 0.2) is 0 Å². The Labute approximate surface area is 97.3 Å². The molecule has 0 aliphatic carbocycles. The van der Waals surface area contributed by atoms with Crippen molar-refractivity contribution in [3.8, 4) is 0 Å². The van der Waals surface area contributed by atoms with Gasteiger partial charge >= 0.3 is 0 Å². The van der Waals surface area contributed by atoms with Gasteiger partial charge in [-0.25, -0.2) is 4.39 Å². The van der Waals surface area contributed by atoms with E-state index in [0.717, 1.165) is 25.9 Å². The molecule has 0 spiro atoms. The highest BCUT2D eigenvalue weighted by molar-refractivity contribution is 5.16. The lowest BCUT2D eigenvalue weighted by Gasteiger charge is -2.17. The number of hydrogen-bond acceptors (Lipinski definition) is 2. The topological polar surface area (TPSA) is 29.3 Å². The SMILES string of the molecule is CC(N)CCN(C)CCc1ccc(F)cc1. The monoisotopic (exact) mass is 224 g/mol. The zero-order valence-electron chi connectivity index (χ0n) is 10.1. The van der Waals surface area contributed by atoms with E-state index < -0.39 is 0 Å². The molecular weight excluding hydrogens is 203 g/mol. The Morgan fingerprint density at radius 1 is 1.25 bits per heavy atom. The first-order valence-electron chi connectivity index (χ1n) is 5.76. The fourth-order valence-electron chi connectivity index (χ4n) is 1.51. The van der Waals surface area contributed by atoms with Crippen LogP contribution in [0.25, 0.3) is 0 Å². The molecule has 2 N–H and O–H groups in total. The van der Waals surface area contributed by atoms with Crippen molar-refractivity contribution in [3.63, 3.8) is 0 Å². The standard InChI is InChI=1S/C13H21FN2/c1-11(15)7-9-16(2)10-8-12-3-5-13(14)6-4-12/h3-6,11H,7-10,15H2,1-2H3. The van der Waals surface area contributed by atoms with Crippen LogP contribution in [0.15, 0.2) is 24.3 Å². The second kappa shape index (κ2) is 6.61. The van der Waals surface area contributed by atoms with E-state index in [-0.39, 0.29) is 11.9 Å². The number of benzene rings is 1. The van der Waals surface area contributed by atoms with E-state index in [9.17, 15) is 4.39 Å². The molecule has 3 heteroatoms. The molecular formula is C13H21FN2. The minimum atomic E-state index is -0.172. The maximum atomic E-state index is 12.7. The Bertz CT molecular complexity index is 295. The van der Waals surface area contributed by atoms with Crippen LogP contribution in [0.1, 0.15) is 18.9 Å². The molecule has 16 heavy (non-hydrogen) atoms. The Balaban J connectivity index is 2.26. The summed E-state index contributed by atoms with van der Waals surface area (Å²) in [5.41, 5.74) is 6.87. The summed E-state index contributed by atoms with van der Waals surface area (Å²) in [7, 11) is 2.09. The zero-order valence-corrected chi connectivity index (χ0v) is 10.1. The van der Waals surface area contributed by atoms with Crippen LogP contribution in [0.2, 0.25) is 0 Å². The van der Waals surface area contributed by atoms with Crippen LogP contribution < -0.4 is 5.73 Å². The molecule has 0 bridgehead atoms. The maximum absolute atomic E-state index is 12.7. The van der Waals surface area contributed by atoms with Gasteiger partial charge in [0.25, 0.3) is 0 Å². The summed E-state index contributed by atoms with van der Waals surface area (Å²) in [6.45, 7) is 4.02. The van der Waals surface area contributed by atoms with Crippen molar-refractivity contribution in [3.05, 3.63) is 35.6 Å². The molecule has 0 aliphatic heterocycles. The average molecular weight is 224 g/mol. The smallest absolute Gasteiger partial charge is 0.123 e. The molecule has 0 saturated carbocycles. The summed E-state index contributed by atoms with van der Waals surface area (Å²) in [6, 6.07) is 6.96. The fourth-order valence-corrected chi connectivity index (χ4v) is 1.51. The Kier molecular flexibility index (Phi) is 5.43. The summed E-state index contributed by atoms with van der Waals surface area (Å²) in [4.78, 5) is 2.26. The summed E-state index contributed by atoms with van der Waals surface area (Å²) < 4.78 is 12.7. The molecule has 0 amide bonds. The van der Waals surface area contributed by atoms with Gasteiger partial charge in [-0.15, -0.1) is 0 Å². The van der Waals surface area contributed by atoms with Gasteiger partial charge in [-0.05, 0) is 51.1 Å². The first-order chi connectivity index (χ1) is 7.58. The van der Waals surface area contributed by atoms with E-state index >= 15 is 0 Å². The van der Waals surface area contributed by atoms with Crippen molar-refractivity contribution in [2.75, 3.05) is 20.1 Å². The lowest BCUT2D eigenvalue weighted by Crippen LogP contribution is -2.27. The third-order valence-electron chi connectivity index (χ3n) is 2.66. The quantitative estimate of drug-likeness (QED) is 0.801. The highest BCUT2D eigenvalue weighted by atomic mass is 19.1. The van der Waals surface area contributed by atoms with Gasteiger partial charge in [0.1, 0.15) is 5.82 Å². The van der Waals surface area contributed by atoms with Crippen molar-refractivity contribution < 1.29 is 4.39 Å². The lowest BCUT2D eigenvalue weighted by molar-refractivity contribution is 0.324. The average Bonchev–Trinajstić information content (AvgIpc) is 2.25. The first-order valence-corrected chi connectivity index (χ1v) is 5.76. The number of nitrogens with zero attached hydrogens (tertiary/aromatic N) is 1. The van der Waals surface area contributed by atoms with Crippen molar-refractivity contribution >= 4 is 0 Å². The van der Waals surface area contributed by atoms with Crippen molar-refractivity contribution in [1.82, 2.24) is 4.90 Å². The molecule has 2 nitrogen and oxygen atoms in total. The minimum Gasteiger partial charge on any atom is -0.328 e. The Morgan fingerprint density at radius 2 is 1.88 bits per heavy atom. The number of rotatable bonds is 6. The first kappa shape index (κ1) is 13.1. The Morgan fingerprint density at radius 3 is 2.44 bits per heavy atom. The van der Waals surface area contributed by atoms with Crippen LogP contribution in [0.5, 0.6) is 0 Å². The summed E-state index contributed by atoms with van der Waals surface area (Å²) >= 11 is 0. The molecule has 1 unspecified atom stereocenters. The summed E-state index contributed by atoms with van der Waals surface area (Å²) in [5, 5.41) is 0. The largest absolute Gasteiger partial charge is 0.328 e. The molecule has 1 rings (SSSR count). The number of likely N-dealkylation sites (N-methyl/N-ethyl adjacent to an activating group) is 1. The predicted molar refractivity (Wildman–Crippen MR) is 65.9 cm³/mol. The van der Waals surface area contributed by atoms with Crippen molar-refractivity contribution in [1.29, 1.82) is 0 Å². The minimum absolute atomic E-state index is 0.172. The number of hydrogen-bond donors (Lipinski definition) is 1. The maximum Gasteiger partial charge on any atom is 0.123 e. The van der Waals surface area contributed by atoms with E-state index in [1.807, 2.05) is 19.1 Å². The van der Waals surface area contributed by atoms with Crippen LogP contribution >= 0.6 is 0 Å².